The summed E-state index contributed by atoms with van der Waals surface area (Å²) in [6, 6.07) is 0. The average molecular weight is 198 g/mol. The molecule has 0 atom stereocenters. The van der Waals surface area contributed by atoms with Gasteiger partial charge in [0, 0.05) is 13.1 Å². The summed E-state index contributed by atoms with van der Waals surface area (Å²) in [5.74, 6) is 0.183. The van der Waals surface area contributed by atoms with Gasteiger partial charge < -0.3 is 15.3 Å². The molecule has 0 radical (unpaired) electrons. The van der Waals surface area contributed by atoms with Gasteiger partial charge in [0.05, 0.1) is 11.6 Å². The number of carbonyl (C=O) groups is 1. The van der Waals surface area contributed by atoms with Gasteiger partial charge in [-0.2, -0.15) is 0 Å². The first kappa shape index (κ1) is 9.93. The van der Waals surface area contributed by atoms with Crippen LogP contribution in [0.2, 0.25) is 0 Å². The highest BCUT2D eigenvalue weighted by Crippen LogP contribution is 2.32. The van der Waals surface area contributed by atoms with Crippen LogP contribution >= 0.6 is 0 Å². The highest BCUT2D eigenvalue weighted by Gasteiger charge is 2.45. The van der Waals surface area contributed by atoms with Gasteiger partial charge in [0.25, 0.3) is 0 Å². The number of amides is 1. The second-order valence-electron chi connectivity index (χ2n) is 4.40. The largest absolute Gasteiger partial charge is 0.389 e. The SMILES string of the molecule is CNC1(C(=O)N2CC(O)C2)CCCC1. The lowest BCUT2D eigenvalue weighted by molar-refractivity contribution is -0.148. The van der Waals surface area contributed by atoms with Crippen LogP contribution < -0.4 is 5.32 Å². The Morgan fingerprint density at radius 3 is 2.43 bits per heavy atom. The molecule has 0 aromatic rings. The van der Waals surface area contributed by atoms with Gasteiger partial charge in [-0.25, -0.2) is 0 Å². The number of nitrogens with zero attached hydrogens (tertiary/aromatic N) is 1. The summed E-state index contributed by atoms with van der Waals surface area (Å²) in [7, 11) is 1.86. The quantitative estimate of drug-likeness (QED) is 0.642. The Balaban J connectivity index is 2.01. The van der Waals surface area contributed by atoms with E-state index < -0.39 is 0 Å². The van der Waals surface area contributed by atoms with E-state index >= 15 is 0 Å². The highest BCUT2D eigenvalue weighted by molar-refractivity contribution is 5.87. The van der Waals surface area contributed by atoms with Crippen LogP contribution in [0.3, 0.4) is 0 Å². The van der Waals surface area contributed by atoms with Crippen molar-refractivity contribution in [2.24, 2.45) is 0 Å². The molecule has 0 aromatic heterocycles. The van der Waals surface area contributed by atoms with Gasteiger partial charge >= 0.3 is 0 Å². The van der Waals surface area contributed by atoms with Crippen molar-refractivity contribution < 1.29 is 9.90 Å². The number of likely N-dealkylation sites (N-methyl/N-ethyl adjacent to an activating group) is 1. The molecule has 4 nitrogen and oxygen atoms in total. The summed E-state index contributed by atoms with van der Waals surface area (Å²) in [6.45, 7) is 1.03. The molecular formula is C10H18N2O2. The molecule has 1 saturated heterocycles. The lowest BCUT2D eigenvalue weighted by atomic mass is 9.94. The zero-order chi connectivity index (χ0) is 10.2. The molecule has 1 heterocycles. The summed E-state index contributed by atoms with van der Waals surface area (Å²) in [5.41, 5.74) is -0.319. The molecule has 0 bridgehead atoms. The third-order valence-electron chi connectivity index (χ3n) is 3.49. The minimum absolute atomic E-state index is 0.183. The fourth-order valence-electron chi connectivity index (χ4n) is 2.47. The highest BCUT2D eigenvalue weighted by atomic mass is 16.3. The van der Waals surface area contributed by atoms with Crippen molar-refractivity contribution in [1.29, 1.82) is 0 Å². The summed E-state index contributed by atoms with van der Waals surface area (Å²) in [6.07, 6.45) is 3.84. The number of nitrogens with one attached hydrogen (secondary N) is 1. The van der Waals surface area contributed by atoms with Crippen molar-refractivity contribution in [3.05, 3.63) is 0 Å². The standard InChI is InChI=1S/C10H18N2O2/c1-11-10(4-2-3-5-10)9(14)12-6-8(13)7-12/h8,11,13H,2-7H2,1H3. The normalized spacial score (nSPS) is 26.3. The predicted molar refractivity (Wildman–Crippen MR) is 52.8 cm³/mol. The zero-order valence-corrected chi connectivity index (χ0v) is 8.62. The Hall–Kier alpha value is -0.610. The van der Waals surface area contributed by atoms with E-state index in [2.05, 4.69) is 5.32 Å². The van der Waals surface area contributed by atoms with E-state index in [1.165, 1.54) is 0 Å². The minimum atomic E-state index is -0.319. The van der Waals surface area contributed by atoms with Gasteiger partial charge in [-0.05, 0) is 19.9 Å². The second kappa shape index (κ2) is 3.51. The molecule has 4 heteroatoms. The fourth-order valence-corrected chi connectivity index (χ4v) is 2.47. The molecule has 2 aliphatic rings. The third-order valence-corrected chi connectivity index (χ3v) is 3.49. The van der Waals surface area contributed by atoms with Crippen molar-refractivity contribution in [3.63, 3.8) is 0 Å². The molecular weight excluding hydrogens is 180 g/mol. The van der Waals surface area contributed by atoms with Crippen molar-refractivity contribution >= 4 is 5.91 Å². The Labute approximate surface area is 84.3 Å². The maximum Gasteiger partial charge on any atom is 0.243 e. The van der Waals surface area contributed by atoms with Crippen LogP contribution in [-0.4, -0.2) is 47.7 Å². The number of rotatable bonds is 2. The van der Waals surface area contributed by atoms with Crippen molar-refractivity contribution in [3.8, 4) is 0 Å². The predicted octanol–water partition coefficient (Wildman–Crippen LogP) is -0.278. The first-order valence-electron chi connectivity index (χ1n) is 5.34. The molecule has 1 aliphatic heterocycles. The van der Waals surface area contributed by atoms with Crippen LogP contribution in [0.15, 0.2) is 0 Å². The summed E-state index contributed by atoms with van der Waals surface area (Å²) in [4.78, 5) is 13.8. The van der Waals surface area contributed by atoms with Crippen LogP contribution in [0.25, 0.3) is 0 Å². The van der Waals surface area contributed by atoms with Gasteiger partial charge in [0.15, 0.2) is 0 Å². The summed E-state index contributed by atoms with van der Waals surface area (Å²) in [5, 5.41) is 12.3. The molecule has 2 rings (SSSR count). The number of β-amino-alcohol motifs (C(OH)–C–C–N with tert-alkyl or cyclic N) is 1. The van der Waals surface area contributed by atoms with Crippen molar-refractivity contribution in [2.75, 3.05) is 20.1 Å². The summed E-state index contributed by atoms with van der Waals surface area (Å²) < 4.78 is 0. The third kappa shape index (κ3) is 1.42. The second-order valence-corrected chi connectivity index (χ2v) is 4.40. The topological polar surface area (TPSA) is 52.6 Å². The molecule has 2 fully saturated rings. The zero-order valence-electron chi connectivity index (χ0n) is 8.62. The Bertz CT molecular complexity index is 230. The Kier molecular flexibility index (Phi) is 2.49. The van der Waals surface area contributed by atoms with Crippen molar-refractivity contribution in [1.82, 2.24) is 10.2 Å². The van der Waals surface area contributed by atoms with E-state index in [1.54, 1.807) is 4.90 Å². The molecule has 80 valence electrons. The number of hydrogen-bond acceptors (Lipinski definition) is 3. The van der Waals surface area contributed by atoms with E-state index in [0.717, 1.165) is 25.7 Å². The Morgan fingerprint density at radius 2 is 2.00 bits per heavy atom. The van der Waals surface area contributed by atoms with E-state index in [1.807, 2.05) is 7.05 Å². The van der Waals surface area contributed by atoms with E-state index in [4.69, 9.17) is 5.11 Å². The van der Waals surface area contributed by atoms with Gasteiger partial charge in [0.2, 0.25) is 5.91 Å². The van der Waals surface area contributed by atoms with Crippen LogP contribution in [0, 0.1) is 0 Å². The van der Waals surface area contributed by atoms with Crippen LogP contribution in [0.4, 0.5) is 0 Å². The van der Waals surface area contributed by atoms with E-state index in [0.29, 0.717) is 13.1 Å². The van der Waals surface area contributed by atoms with Gasteiger partial charge in [-0.3, -0.25) is 4.79 Å². The maximum atomic E-state index is 12.1. The fraction of sp³-hybridized carbons (Fsp3) is 0.900. The number of hydrogen-bond donors (Lipinski definition) is 2. The van der Waals surface area contributed by atoms with Crippen LogP contribution in [0.5, 0.6) is 0 Å². The van der Waals surface area contributed by atoms with E-state index in [9.17, 15) is 4.79 Å². The van der Waals surface area contributed by atoms with Crippen LogP contribution in [-0.2, 0) is 4.79 Å². The minimum Gasteiger partial charge on any atom is -0.389 e. The smallest absolute Gasteiger partial charge is 0.243 e. The number of carbonyl (C=O) groups excluding carboxylic acids is 1. The number of likely N-dealkylation sites (tertiary alicyclic amines) is 1. The van der Waals surface area contributed by atoms with Gasteiger partial charge in [-0.1, -0.05) is 12.8 Å². The molecule has 0 spiro atoms. The lowest BCUT2D eigenvalue weighted by Gasteiger charge is -2.41. The average Bonchev–Trinajstić information content (AvgIpc) is 2.61. The first-order chi connectivity index (χ1) is 6.68. The molecule has 1 aliphatic carbocycles. The number of aliphatic hydroxyl groups excluding tert-OH is 1. The Morgan fingerprint density at radius 1 is 1.43 bits per heavy atom. The van der Waals surface area contributed by atoms with Gasteiger partial charge in [-0.15, -0.1) is 0 Å². The molecule has 14 heavy (non-hydrogen) atoms. The maximum absolute atomic E-state index is 12.1. The molecule has 0 unspecified atom stereocenters. The molecule has 1 saturated carbocycles. The monoisotopic (exact) mass is 198 g/mol. The first-order valence-corrected chi connectivity index (χ1v) is 5.34. The molecule has 2 N–H and O–H groups in total. The molecule has 0 aromatic carbocycles. The summed E-state index contributed by atoms with van der Waals surface area (Å²) >= 11 is 0. The van der Waals surface area contributed by atoms with Crippen molar-refractivity contribution in [2.45, 2.75) is 37.3 Å². The van der Waals surface area contributed by atoms with E-state index in [-0.39, 0.29) is 17.6 Å². The molecule has 1 amide bonds. The van der Waals surface area contributed by atoms with Crippen LogP contribution in [0.1, 0.15) is 25.7 Å². The van der Waals surface area contributed by atoms with Gasteiger partial charge in [0.1, 0.15) is 0 Å². The number of aliphatic hydroxyl groups is 1. The lowest BCUT2D eigenvalue weighted by Crippen LogP contribution is -2.63.